The molecule has 3 rings (SSSR count). The maximum absolute atomic E-state index is 12.4. The van der Waals surface area contributed by atoms with E-state index in [9.17, 15) is 9.59 Å². The lowest BCUT2D eigenvalue weighted by atomic mass is 9.72. The summed E-state index contributed by atoms with van der Waals surface area (Å²) in [5.74, 6) is 0.113. The molecule has 0 aliphatic heterocycles. The van der Waals surface area contributed by atoms with Gasteiger partial charge in [0.25, 0.3) is 11.8 Å². The molecule has 2 amide bonds. The molecule has 1 aliphatic carbocycles. The molecule has 3 N–H and O–H groups in total. The third-order valence-electron chi connectivity index (χ3n) is 5.18. The fraction of sp³-hybridized carbons (Fsp3) is 0.429. The third-order valence-corrected chi connectivity index (χ3v) is 6.67. The van der Waals surface area contributed by atoms with Crippen molar-refractivity contribution in [3.63, 3.8) is 0 Å². The van der Waals surface area contributed by atoms with Crippen LogP contribution in [0.25, 0.3) is 0 Å². The van der Waals surface area contributed by atoms with Gasteiger partial charge in [-0.25, -0.2) is 0 Å². The quantitative estimate of drug-likeness (QED) is 0.737. The first-order chi connectivity index (χ1) is 13.2. The van der Waals surface area contributed by atoms with E-state index in [1.807, 2.05) is 0 Å². The molecule has 1 aromatic heterocycles. The number of thiophene rings is 1. The maximum Gasteiger partial charge on any atom is 0.262 e. The number of para-hydroxylation sites is 1. The molecule has 0 bridgehead atoms. The van der Waals surface area contributed by atoms with E-state index in [0.29, 0.717) is 27.3 Å². The molecular weight excluding hydrogens is 396 g/mol. The van der Waals surface area contributed by atoms with Gasteiger partial charge in [0.1, 0.15) is 10.8 Å². The van der Waals surface area contributed by atoms with E-state index in [4.69, 9.17) is 22.1 Å². The first-order valence-electron chi connectivity index (χ1n) is 9.28. The van der Waals surface area contributed by atoms with Gasteiger partial charge >= 0.3 is 0 Å². The molecule has 1 aromatic carbocycles. The van der Waals surface area contributed by atoms with E-state index in [0.717, 1.165) is 29.7 Å². The van der Waals surface area contributed by atoms with Gasteiger partial charge < -0.3 is 15.8 Å². The number of hydrogen-bond donors (Lipinski definition) is 2. The largest absolute Gasteiger partial charge is 0.482 e. The minimum absolute atomic E-state index is 0.195. The van der Waals surface area contributed by atoms with Crippen molar-refractivity contribution in [2.45, 2.75) is 40.0 Å². The van der Waals surface area contributed by atoms with Crippen molar-refractivity contribution in [1.29, 1.82) is 0 Å². The number of benzene rings is 1. The number of carbonyl (C=O) groups excluding carboxylic acids is 2. The van der Waals surface area contributed by atoms with Crippen molar-refractivity contribution in [1.82, 2.24) is 0 Å². The van der Waals surface area contributed by atoms with Crippen LogP contribution in [0.2, 0.25) is 5.02 Å². The van der Waals surface area contributed by atoms with E-state index in [1.54, 1.807) is 24.3 Å². The Hall–Kier alpha value is -2.05. The number of primary amides is 1. The number of rotatable bonds is 5. The monoisotopic (exact) mass is 420 g/mol. The second-order valence-corrected chi connectivity index (χ2v) is 9.66. The molecule has 0 saturated heterocycles. The Morgan fingerprint density at radius 3 is 2.68 bits per heavy atom. The Morgan fingerprint density at radius 2 is 2.04 bits per heavy atom. The second kappa shape index (κ2) is 8.13. The van der Waals surface area contributed by atoms with Crippen LogP contribution in [0.1, 0.15) is 48.0 Å². The van der Waals surface area contributed by atoms with Gasteiger partial charge in [-0.3, -0.25) is 9.59 Å². The highest BCUT2D eigenvalue weighted by Crippen LogP contribution is 2.44. The summed E-state index contributed by atoms with van der Waals surface area (Å²) in [6.07, 6.45) is 2.71. The number of carbonyl (C=O) groups is 2. The van der Waals surface area contributed by atoms with Crippen molar-refractivity contribution in [2.24, 2.45) is 17.1 Å². The van der Waals surface area contributed by atoms with Gasteiger partial charge in [0, 0.05) is 4.88 Å². The van der Waals surface area contributed by atoms with Gasteiger partial charge in [0.15, 0.2) is 6.61 Å². The molecule has 1 aliphatic rings. The summed E-state index contributed by atoms with van der Waals surface area (Å²) in [7, 11) is 0. The first-order valence-corrected chi connectivity index (χ1v) is 10.5. The number of nitrogens with two attached hydrogens (primary N) is 1. The third kappa shape index (κ3) is 4.50. The van der Waals surface area contributed by atoms with E-state index in [1.165, 1.54) is 11.3 Å². The van der Waals surface area contributed by atoms with Gasteiger partial charge in [0.2, 0.25) is 0 Å². The standard InChI is InChI=1S/C21H25ClN2O3S/c1-21(2,3)12-8-9-13-16(10-12)28-20(18(13)19(23)26)24-17(25)11-27-15-7-5-4-6-14(15)22/h4-7,12H,8-11H2,1-3H3,(H2,23,26)(H,24,25)/t12-/m1/s1. The average molecular weight is 421 g/mol. The zero-order valence-electron chi connectivity index (χ0n) is 16.3. The summed E-state index contributed by atoms with van der Waals surface area (Å²) in [5.41, 5.74) is 7.26. The van der Waals surface area contributed by atoms with Gasteiger partial charge in [0.05, 0.1) is 10.6 Å². The summed E-state index contributed by atoms with van der Waals surface area (Å²) < 4.78 is 5.48. The molecule has 7 heteroatoms. The molecule has 0 unspecified atom stereocenters. The average Bonchev–Trinajstić information content (AvgIpc) is 2.97. The van der Waals surface area contributed by atoms with Crippen LogP contribution in [0.5, 0.6) is 5.75 Å². The summed E-state index contributed by atoms with van der Waals surface area (Å²) in [6.45, 7) is 6.51. The Morgan fingerprint density at radius 1 is 1.32 bits per heavy atom. The molecule has 0 spiro atoms. The van der Waals surface area contributed by atoms with Crippen LogP contribution >= 0.6 is 22.9 Å². The predicted molar refractivity (Wildman–Crippen MR) is 113 cm³/mol. The lowest BCUT2D eigenvalue weighted by Gasteiger charge is -2.33. The molecule has 1 heterocycles. The first kappa shape index (κ1) is 20.7. The van der Waals surface area contributed by atoms with Crippen molar-refractivity contribution >= 4 is 39.8 Å². The zero-order valence-corrected chi connectivity index (χ0v) is 17.9. The molecule has 28 heavy (non-hydrogen) atoms. The van der Waals surface area contributed by atoms with Crippen LogP contribution in [-0.4, -0.2) is 18.4 Å². The van der Waals surface area contributed by atoms with Gasteiger partial charge in [-0.15, -0.1) is 11.3 Å². The minimum Gasteiger partial charge on any atom is -0.482 e. The summed E-state index contributed by atoms with van der Waals surface area (Å²) >= 11 is 7.49. The highest BCUT2D eigenvalue weighted by atomic mass is 35.5. The Balaban J connectivity index is 1.75. The lowest BCUT2D eigenvalue weighted by Crippen LogP contribution is -2.27. The van der Waals surface area contributed by atoms with Crippen molar-refractivity contribution in [3.8, 4) is 5.75 Å². The molecular formula is C21H25ClN2O3S. The fourth-order valence-electron chi connectivity index (χ4n) is 3.54. The van der Waals surface area contributed by atoms with Crippen LogP contribution in [-0.2, 0) is 17.6 Å². The smallest absolute Gasteiger partial charge is 0.262 e. The van der Waals surface area contributed by atoms with Crippen molar-refractivity contribution < 1.29 is 14.3 Å². The number of anilines is 1. The zero-order chi connectivity index (χ0) is 20.5. The van der Waals surface area contributed by atoms with Gasteiger partial charge in [-0.05, 0) is 48.3 Å². The van der Waals surface area contributed by atoms with Crippen molar-refractivity contribution in [2.75, 3.05) is 11.9 Å². The summed E-state index contributed by atoms with van der Waals surface area (Å²) in [4.78, 5) is 25.6. The van der Waals surface area contributed by atoms with Crippen LogP contribution in [0.4, 0.5) is 5.00 Å². The predicted octanol–water partition coefficient (Wildman–Crippen LogP) is 4.67. The number of halogens is 1. The Bertz CT molecular complexity index is 902. The molecule has 0 radical (unpaired) electrons. The highest BCUT2D eigenvalue weighted by molar-refractivity contribution is 7.17. The van der Waals surface area contributed by atoms with E-state index >= 15 is 0 Å². The Labute approximate surface area is 174 Å². The molecule has 2 aromatic rings. The van der Waals surface area contributed by atoms with Crippen molar-refractivity contribution in [3.05, 3.63) is 45.3 Å². The SMILES string of the molecule is CC(C)(C)[C@@H]1CCc2c(sc(NC(=O)COc3ccccc3Cl)c2C(N)=O)C1. The second-order valence-electron chi connectivity index (χ2n) is 8.15. The minimum atomic E-state index is -0.506. The topological polar surface area (TPSA) is 81.4 Å². The van der Waals surface area contributed by atoms with Crippen LogP contribution in [0, 0.1) is 11.3 Å². The van der Waals surface area contributed by atoms with Gasteiger partial charge in [-0.2, -0.15) is 0 Å². The van der Waals surface area contributed by atoms with Crippen LogP contribution < -0.4 is 15.8 Å². The molecule has 0 fully saturated rings. The highest BCUT2D eigenvalue weighted by Gasteiger charge is 2.33. The number of ether oxygens (including phenoxy) is 1. The van der Waals surface area contributed by atoms with E-state index in [2.05, 4.69) is 26.1 Å². The molecule has 0 saturated carbocycles. The number of hydrogen-bond acceptors (Lipinski definition) is 4. The lowest BCUT2D eigenvalue weighted by molar-refractivity contribution is -0.118. The molecule has 5 nitrogen and oxygen atoms in total. The fourth-order valence-corrected chi connectivity index (χ4v) is 5.08. The van der Waals surface area contributed by atoms with Crippen LogP contribution in [0.3, 0.4) is 0 Å². The molecule has 150 valence electrons. The number of nitrogens with one attached hydrogen (secondary N) is 1. The maximum atomic E-state index is 12.4. The molecule has 1 atom stereocenters. The number of fused-ring (bicyclic) bond motifs is 1. The van der Waals surface area contributed by atoms with Crippen LogP contribution in [0.15, 0.2) is 24.3 Å². The Kier molecular flexibility index (Phi) is 6.01. The summed E-state index contributed by atoms with van der Waals surface area (Å²) in [5, 5.41) is 3.75. The van der Waals surface area contributed by atoms with Gasteiger partial charge in [-0.1, -0.05) is 44.5 Å². The normalized spacial score (nSPS) is 16.4. The summed E-state index contributed by atoms with van der Waals surface area (Å²) in [6, 6.07) is 6.96. The number of amides is 2. The van der Waals surface area contributed by atoms with E-state index < -0.39 is 5.91 Å². The van der Waals surface area contributed by atoms with E-state index in [-0.39, 0.29) is 17.9 Å².